The second-order valence-electron chi connectivity index (χ2n) is 10.7. The number of ether oxygens (including phenoxy) is 2. The van der Waals surface area contributed by atoms with E-state index >= 15 is 4.79 Å². The van der Waals surface area contributed by atoms with Gasteiger partial charge in [0.1, 0.15) is 17.4 Å². The van der Waals surface area contributed by atoms with Crippen molar-refractivity contribution in [2.45, 2.75) is 31.0 Å². The molecule has 1 amide bonds. The third kappa shape index (κ3) is 4.55. The molecule has 4 atom stereocenters. The number of hydrogen-bond acceptors (Lipinski definition) is 6. The molecule has 1 saturated heterocycles. The summed E-state index contributed by atoms with van der Waals surface area (Å²) in [6.45, 7) is 2.11. The molecular weight excluding hydrogens is 564 g/mol. The molecule has 8 heteroatoms. The predicted octanol–water partition coefficient (Wildman–Crippen LogP) is 6.11. The van der Waals surface area contributed by atoms with Crippen molar-refractivity contribution in [2.75, 3.05) is 23.5 Å². The van der Waals surface area contributed by atoms with Crippen LogP contribution in [0.1, 0.15) is 29.7 Å². The highest BCUT2D eigenvalue weighted by Crippen LogP contribution is 2.62. The Morgan fingerprint density at radius 2 is 1.47 bits per heavy atom. The summed E-state index contributed by atoms with van der Waals surface area (Å²) < 4.78 is 11.0. The molecule has 7 nitrogen and oxygen atoms in total. The fourth-order valence-electron chi connectivity index (χ4n) is 6.85. The topological polar surface area (TPSA) is 76.2 Å². The van der Waals surface area contributed by atoms with Crippen molar-refractivity contribution in [1.82, 2.24) is 0 Å². The van der Waals surface area contributed by atoms with Crippen LogP contribution in [0.4, 0.5) is 11.4 Å². The van der Waals surface area contributed by atoms with E-state index in [4.69, 9.17) is 21.1 Å². The van der Waals surface area contributed by atoms with E-state index in [1.807, 2.05) is 89.8 Å². The Bertz CT molecular complexity index is 1650. The van der Waals surface area contributed by atoms with Crippen LogP contribution < -0.4 is 9.80 Å². The molecule has 218 valence electrons. The minimum atomic E-state index is -1.53. The number of para-hydroxylation sites is 1. The first-order chi connectivity index (χ1) is 20.9. The molecule has 43 heavy (non-hydrogen) atoms. The second-order valence-corrected chi connectivity index (χ2v) is 11.1. The van der Waals surface area contributed by atoms with Crippen molar-refractivity contribution in [2.24, 2.45) is 5.92 Å². The van der Waals surface area contributed by atoms with Gasteiger partial charge in [-0.25, -0.2) is 4.79 Å². The van der Waals surface area contributed by atoms with E-state index in [0.717, 1.165) is 11.1 Å². The molecule has 4 aromatic carbocycles. The third-order valence-electron chi connectivity index (χ3n) is 8.46. The molecule has 1 fully saturated rings. The number of carbonyl (C=O) groups excluding carboxylic acids is 3. The zero-order valence-electron chi connectivity index (χ0n) is 23.9. The molecule has 6 rings (SSSR count). The number of methoxy groups -OCH3 is 1. The largest absolute Gasteiger partial charge is 0.469 e. The van der Waals surface area contributed by atoms with Gasteiger partial charge in [0.15, 0.2) is 0 Å². The van der Waals surface area contributed by atoms with Crippen molar-refractivity contribution in [1.29, 1.82) is 0 Å². The van der Waals surface area contributed by atoms with Crippen molar-refractivity contribution in [3.63, 3.8) is 0 Å². The number of esters is 2. The first-order valence-electron chi connectivity index (χ1n) is 14.2. The Hall–Kier alpha value is -4.62. The van der Waals surface area contributed by atoms with Crippen LogP contribution in [0, 0.1) is 5.92 Å². The maximum Gasteiger partial charge on any atom is 0.329 e. The zero-order chi connectivity index (χ0) is 30.1. The summed E-state index contributed by atoms with van der Waals surface area (Å²) in [7, 11) is 1.29. The van der Waals surface area contributed by atoms with Gasteiger partial charge in [-0.1, -0.05) is 90.5 Å². The zero-order valence-corrected chi connectivity index (χ0v) is 24.6. The lowest BCUT2D eigenvalue weighted by atomic mass is 9.65. The molecule has 2 aliphatic heterocycles. The fraction of sp³-hybridized carbons (Fsp3) is 0.229. The van der Waals surface area contributed by atoms with Gasteiger partial charge in [-0.15, -0.1) is 0 Å². The molecule has 0 saturated carbocycles. The van der Waals surface area contributed by atoms with Crippen molar-refractivity contribution < 1.29 is 23.9 Å². The highest BCUT2D eigenvalue weighted by Gasteiger charge is 2.73. The summed E-state index contributed by atoms with van der Waals surface area (Å²) in [6.07, 6.45) is 0. The van der Waals surface area contributed by atoms with Gasteiger partial charge in [0.2, 0.25) is 5.91 Å². The van der Waals surface area contributed by atoms with Crippen LogP contribution in [-0.4, -0.2) is 37.6 Å². The molecule has 0 bridgehead atoms. The van der Waals surface area contributed by atoms with E-state index in [1.165, 1.54) is 7.11 Å². The molecule has 0 N–H and O–H groups in total. The number of benzene rings is 4. The Kier molecular flexibility index (Phi) is 7.67. The molecular formula is C35H31ClN2O5. The molecule has 4 aromatic rings. The summed E-state index contributed by atoms with van der Waals surface area (Å²) >= 11 is 6.28. The van der Waals surface area contributed by atoms with E-state index in [2.05, 4.69) is 0 Å². The van der Waals surface area contributed by atoms with Gasteiger partial charge in [0.25, 0.3) is 0 Å². The lowest BCUT2D eigenvalue weighted by Crippen LogP contribution is -2.51. The van der Waals surface area contributed by atoms with Gasteiger partial charge in [0.05, 0.1) is 26.3 Å². The Morgan fingerprint density at radius 3 is 2.12 bits per heavy atom. The summed E-state index contributed by atoms with van der Waals surface area (Å²) in [5.74, 6) is -2.79. The predicted molar refractivity (Wildman–Crippen MR) is 165 cm³/mol. The number of rotatable bonds is 7. The van der Waals surface area contributed by atoms with Crippen molar-refractivity contribution >= 4 is 40.8 Å². The standard InChI is InChI=1S/C35H31ClN2O5/c1-3-43-33(40)30-29(32(39)42-2)35(31(24-14-8-5-9-15-24)38(30)26-20-18-25(36)19-21-26)27-16-10-11-17-28(27)37(34(35)41)22-23-12-6-4-7-13-23/h4-21,29-31H,3,22H2,1-2H3/t29-,30-,31+,35+/m0/s1. The number of anilines is 2. The van der Waals surface area contributed by atoms with E-state index in [-0.39, 0.29) is 12.5 Å². The highest BCUT2D eigenvalue weighted by molar-refractivity contribution is 6.30. The molecule has 2 heterocycles. The molecule has 1 spiro atoms. The van der Waals surface area contributed by atoms with Crippen LogP contribution in [-0.2, 0) is 35.8 Å². The average Bonchev–Trinajstić information content (AvgIpc) is 3.48. The Morgan fingerprint density at radius 1 is 0.837 bits per heavy atom. The number of amides is 1. The summed E-state index contributed by atoms with van der Waals surface area (Å²) in [4.78, 5) is 46.9. The maximum absolute atomic E-state index is 15.3. The van der Waals surface area contributed by atoms with Crippen LogP contribution in [0.25, 0.3) is 0 Å². The average molecular weight is 595 g/mol. The van der Waals surface area contributed by atoms with E-state index in [1.54, 1.807) is 36.1 Å². The number of carbonyl (C=O) groups is 3. The summed E-state index contributed by atoms with van der Waals surface area (Å²) in [5, 5.41) is 0.516. The highest BCUT2D eigenvalue weighted by atomic mass is 35.5. The van der Waals surface area contributed by atoms with Crippen LogP contribution in [0.15, 0.2) is 109 Å². The van der Waals surface area contributed by atoms with Gasteiger partial charge in [-0.05, 0) is 53.9 Å². The Balaban J connectivity index is 1.68. The van der Waals surface area contributed by atoms with Crippen molar-refractivity contribution in [3.05, 3.63) is 131 Å². The lowest BCUT2D eigenvalue weighted by Gasteiger charge is -2.37. The summed E-state index contributed by atoms with van der Waals surface area (Å²) in [5.41, 5.74) is 2.13. The van der Waals surface area contributed by atoms with E-state index < -0.39 is 35.4 Å². The van der Waals surface area contributed by atoms with Crippen LogP contribution in [0.3, 0.4) is 0 Å². The number of fused-ring (bicyclic) bond motifs is 2. The molecule has 0 radical (unpaired) electrons. The SMILES string of the molecule is CCOC(=O)[C@@H]1[C@@H](C(=O)OC)[C@@]2(C(=O)N(Cc3ccccc3)c3ccccc32)[C@@H](c2ccccc2)N1c1ccc(Cl)cc1. The smallest absolute Gasteiger partial charge is 0.329 e. The number of nitrogens with zero attached hydrogens (tertiary/aromatic N) is 2. The van der Waals surface area contributed by atoms with Crippen molar-refractivity contribution in [3.8, 4) is 0 Å². The minimum absolute atomic E-state index is 0.103. The Labute approximate surface area is 255 Å². The minimum Gasteiger partial charge on any atom is -0.469 e. The molecule has 2 aliphatic rings. The van der Waals surface area contributed by atoms with Gasteiger partial charge in [-0.2, -0.15) is 0 Å². The molecule has 0 aromatic heterocycles. The van der Waals surface area contributed by atoms with E-state index in [0.29, 0.717) is 28.5 Å². The van der Waals surface area contributed by atoms with E-state index in [9.17, 15) is 9.59 Å². The van der Waals surface area contributed by atoms with Crippen LogP contribution in [0.5, 0.6) is 0 Å². The van der Waals surface area contributed by atoms with Crippen LogP contribution in [0.2, 0.25) is 5.02 Å². The third-order valence-corrected chi connectivity index (χ3v) is 8.71. The fourth-order valence-corrected chi connectivity index (χ4v) is 6.98. The van der Waals surface area contributed by atoms with Crippen LogP contribution >= 0.6 is 11.6 Å². The maximum atomic E-state index is 15.3. The molecule has 0 aliphatic carbocycles. The van der Waals surface area contributed by atoms with Gasteiger partial charge in [-0.3, -0.25) is 9.59 Å². The normalized spacial score (nSPS) is 22.5. The lowest BCUT2D eigenvalue weighted by molar-refractivity contribution is -0.157. The van der Waals surface area contributed by atoms with Gasteiger partial charge < -0.3 is 19.3 Å². The number of halogens is 1. The second kappa shape index (κ2) is 11.6. The van der Waals surface area contributed by atoms with Gasteiger partial charge in [0, 0.05) is 16.4 Å². The number of hydrogen-bond donors (Lipinski definition) is 0. The first kappa shape index (κ1) is 28.5. The monoisotopic (exact) mass is 594 g/mol. The summed E-state index contributed by atoms with van der Waals surface area (Å²) in [6, 6.07) is 31.8. The first-order valence-corrected chi connectivity index (χ1v) is 14.6. The molecule has 0 unspecified atom stereocenters. The quantitative estimate of drug-likeness (QED) is 0.240. The van der Waals surface area contributed by atoms with Gasteiger partial charge >= 0.3 is 11.9 Å².